The van der Waals surface area contributed by atoms with Gasteiger partial charge in [0.2, 0.25) is 6.79 Å². The van der Waals surface area contributed by atoms with Gasteiger partial charge in [-0.3, -0.25) is 4.79 Å². The first-order valence-electron chi connectivity index (χ1n) is 5.56. The van der Waals surface area contributed by atoms with Crippen molar-refractivity contribution in [2.45, 2.75) is 19.4 Å². The molecule has 0 saturated carbocycles. The lowest BCUT2D eigenvalue weighted by Gasteiger charge is -2.13. The summed E-state index contributed by atoms with van der Waals surface area (Å²) in [5.41, 5.74) is 0.501. The Labute approximate surface area is 99.3 Å². The van der Waals surface area contributed by atoms with Gasteiger partial charge in [0.15, 0.2) is 11.5 Å². The van der Waals surface area contributed by atoms with Gasteiger partial charge in [-0.1, -0.05) is 6.92 Å². The van der Waals surface area contributed by atoms with E-state index in [0.29, 0.717) is 23.5 Å². The van der Waals surface area contributed by atoms with Crippen LogP contribution in [0, 0.1) is 0 Å². The number of carbonyl (C=O) groups is 1. The van der Waals surface area contributed by atoms with E-state index in [0.717, 1.165) is 0 Å². The number of rotatable bonds is 4. The monoisotopic (exact) mass is 237 g/mol. The summed E-state index contributed by atoms with van der Waals surface area (Å²) in [6.07, 6.45) is 0.687. The van der Waals surface area contributed by atoms with Crippen LogP contribution in [-0.4, -0.2) is 30.5 Å². The number of aliphatic hydroxyl groups excluding tert-OH is 1. The SMILES string of the molecule is CCC(CO)NC(=O)c1ccc2c(c1)OCO2. The molecule has 5 nitrogen and oxygen atoms in total. The fourth-order valence-corrected chi connectivity index (χ4v) is 1.58. The smallest absolute Gasteiger partial charge is 0.251 e. The van der Waals surface area contributed by atoms with Gasteiger partial charge in [-0.15, -0.1) is 0 Å². The summed E-state index contributed by atoms with van der Waals surface area (Å²) in [7, 11) is 0. The normalized spacial score (nSPS) is 14.5. The van der Waals surface area contributed by atoms with Crippen LogP contribution in [0.3, 0.4) is 0 Å². The van der Waals surface area contributed by atoms with E-state index in [1.165, 1.54) is 0 Å². The third kappa shape index (κ3) is 2.50. The maximum absolute atomic E-state index is 11.9. The van der Waals surface area contributed by atoms with Crippen LogP contribution in [0.2, 0.25) is 0 Å². The Bertz CT molecular complexity index is 415. The molecule has 1 aromatic carbocycles. The van der Waals surface area contributed by atoms with Gasteiger partial charge in [0.05, 0.1) is 12.6 Å². The van der Waals surface area contributed by atoms with Crippen molar-refractivity contribution >= 4 is 5.91 Å². The Balaban J connectivity index is 2.09. The summed E-state index contributed by atoms with van der Waals surface area (Å²) in [5.74, 6) is 1.01. The van der Waals surface area contributed by atoms with Crippen molar-refractivity contribution in [2.24, 2.45) is 0 Å². The Morgan fingerprint density at radius 2 is 2.24 bits per heavy atom. The third-order valence-electron chi connectivity index (χ3n) is 2.68. The van der Waals surface area contributed by atoms with Crippen LogP contribution < -0.4 is 14.8 Å². The number of hydrogen-bond acceptors (Lipinski definition) is 4. The van der Waals surface area contributed by atoms with E-state index in [4.69, 9.17) is 14.6 Å². The summed E-state index contributed by atoms with van der Waals surface area (Å²) < 4.78 is 10.4. The van der Waals surface area contributed by atoms with Crippen molar-refractivity contribution < 1.29 is 19.4 Å². The second kappa shape index (κ2) is 5.05. The van der Waals surface area contributed by atoms with Crippen LogP contribution in [0.5, 0.6) is 11.5 Å². The molecule has 5 heteroatoms. The van der Waals surface area contributed by atoms with Crippen molar-refractivity contribution in [3.8, 4) is 11.5 Å². The summed E-state index contributed by atoms with van der Waals surface area (Å²) in [6, 6.07) is 4.80. The number of hydrogen-bond donors (Lipinski definition) is 2. The summed E-state index contributed by atoms with van der Waals surface area (Å²) in [5, 5.41) is 11.8. The topological polar surface area (TPSA) is 67.8 Å². The fourth-order valence-electron chi connectivity index (χ4n) is 1.58. The average Bonchev–Trinajstić information content (AvgIpc) is 2.82. The first kappa shape index (κ1) is 11.7. The predicted octanol–water partition coefficient (Wildman–Crippen LogP) is 0.916. The highest BCUT2D eigenvalue weighted by Gasteiger charge is 2.17. The molecule has 0 radical (unpaired) electrons. The molecule has 0 spiro atoms. The quantitative estimate of drug-likeness (QED) is 0.817. The first-order chi connectivity index (χ1) is 8.24. The molecule has 0 fully saturated rings. The maximum Gasteiger partial charge on any atom is 0.251 e. The van der Waals surface area contributed by atoms with Crippen molar-refractivity contribution in [3.63, 3.8) is 0 Å². The molecule has 17 heavy (non-hydrogen) atoms. The lowest BCUT2D eigenvalue weighted by Crippen LogP contribution is -2.36. The maximum atomic E-state index is 11.9. The van der Waals surface area contributed by atoms with Crippen LogP contribution in [0.25, 0.3) is 0 Å². The number of amides is 1. The molecule has 1 atom stereocenters. The summed E-state index contributed by atoms with van der Waals surface area (Å²) >= 11 is 0. The van der Waals surface area contributed by atoms with Crippen molar-refractivity contribution in [1.29, 1.82) is 0 Å². The lowest BCUT2D eigenvalue weighted by molar-refractivity contribution is 0.0914. The number of nitrogens with one attached hydrogen (secondary N) is 1. The van der Waals surface area contributed by atoms with Gasteiger partial charge in [0.25, 0.3) is 5.91 Å². The van der Waals surface area contributed by atoms with Crippen LogP contribution in [-0.2, 0) is 0 Å². The molecule has 0 aliphatic carbocycles. The van der Waals surface area contributed by atoms with E-state index in [9.17, 15) is 4.79 Å². The van der Waals surface area contributed by atoms with E-state index in [2.05, 4.69) is 5.32 Å². The minimum Gasteiger partial charge on any atom is -0.454 e. The molecule has 0 aromatic heterocycles. The fraction of sp³-hybridized carbons (Fsp3) is 0.417. The number of carbonyl (C=O) groups excluding carboxylic acids is 1. The molecule has 1 heterocycles. The molecule has 2 N–H and O–H groups in total. The molecule has 1 unspecified atom stereocenters. The minimum atomic E-state index is -0.218. The Morgan fingerprint density at radius 1 is 1.47 bits per heavy atom. The highest BCUT2D eigenvalue weighted by Crippen LogP contribution is 2.32. The average molecular weight is 237 g/mol. The zero-order valence-electron chi connectivity index (χ0n) is 9.60. The van der Waals surface area contributed by atoms with Gasteiger partial charge < -0.3 is 19.9 Å². The largest absolute Gasteiger partial charge is 0.454 e. The van der Waals surface area contributed by atoms with Gasteiger partial charge in [0.1, 0.15) is 0 Å². The standard InChI is InChI=1S/C12H15NO4/c1-2-9(6-14)13-12(15)8-3-4-10-11(5-8)17-7-16-10/h3-5,9,14H,2,6-7H2,1H3,(H,13,15). The van der Waals surface area contributed by atoms with E-state index < -0.39 is 0 Å². The van der Waals surface area contributed by atoms with Crippen LogP contribution >= 0.6 is 0 Å². The van der Waals surface area contributed by atoms with E-state index in [1.807, 2.05) is 6.92 Å². The molecule has 1 aliphatic rings. The summed E-state index contributed by atoms with van der Waals surface area (Å²) in [4.78, 5) is 11.9. The summed E-state index contributed by atoms with van der Waals surface area (Å²) in [6.45, 7) is 2.03. The molecule has 1 amide bonds. The molecule has 0 bridgehead atoms. The number of fused-ring (bicyclic) bond motifs is 1. The Hall–Kier alpha value is -1.75. The Morgan fingerprint density at radius 3 is 2.94 bits per heavy atom. The van der Waals surface area contributed by atoms with E-state index in [-0.39, 0.29) is 25.3 Å². The number of aliphatic hydroxyl groups is 1. The minimum absolute atomic E-state index is 0.0627. The first-order valence-corrected chi connectivity index (χ1v) is 5.56. The highest BCUT2D eigenvalue weighted by molar-refractivity contribution is 5.95. The van der Waals surface area contributed by atoms with Gasteiger partial charge in [-0.05, 0) is 24.6 Å². The molecule has 1 aromatic rings. The van der Waals surface area contributed by atoms with Crippen molar-refractivity contribution in [3.05, 3.63) is 23.8 Å². The Kier molecular flexibility index (Phi) is 3.49. The predicted molar refractivity (Wildman–Crippen MR) is 61.2 cm³/mol. The lowest BCUT2D eigenvalue weighted by atomic mass is 10.1. The zero-order chi connectivity index (χ0) is 12.3. The van der Waals surface area contributed by atoms with E-state index in [1.54, 1.807) is 18.2 Å². The van der Waals surface area contributed by atoms with E-state index >= 15 is 0 Å². The van der Waals surface area contributed by atoms with Crippen LogP contribution in [0.1, 0.15) is 23.7 Å². The molecule has 2 rings (SSSR count). The van der Waals surface area contributed by atoms with Crippen LogP contribution in [0.15, 0.2) is 18.2 Å². The molecular formula is C12H15NO4. The van der Waals surface area contributed by atoms with Crippen LogP contribution in [0.4, 0.5) is 0 Å². The second-order valence-electron chi connectivity index (χ2n) is 3.83. The molecule has 92 valence electrons. The van der Waals surface area contributed by atoms with Crippen molar-refractivity contribution in [1.82, 2.24) is 5.32 Å². The van der Waals surface area contributed by atoms with Gasteiger partial charge in [-0.2, -0.15) is 0 Å². The number of ether oxygens (including phenoxy) is 2. The highest BCUT2D eigenvalue weighted by atomic mass is 16.7. The molecule has 1 aliphatic heterocycles. The van der Waals surface area contributed by atoms with Gasteiger partial charge in [0, 0.05) is 5.56 Å². The van der Waals surface area contributed by atoms with Crippen molar-refractivity contribution in [2.75, 3.05) is 13.4 Å². The zero-order valence-corrected chi connectivity index (χ0v) is 9.60. The van der Waals surface area contributed by atoms with Gasteiger partial charge >= 0.3 is 0 Å². The third-order valence-corrected chi connectivity index (χ3v) is 2.68. The molecular weight excluding hydrogens is 222 g/mol. The number of benzene rings is 1. The second-order valence-corrected chi connectivity index (χ2v) is 3.83. The molecule has 0 saturated heterocycles. The van der Waals surface area contributed by atoms with Gasteiger partial charge in [-0.25, -0.2) is 0 Å².